The Labute approximate surface area is 131 Å². The van der Waals surface area contributed by atoms with Crippen molar-refractivity contribution in [3.05, 3.63) is 48.6 Å². The minimum absolute atomic E-state index is 0.238. The van der Waals surface area contributed by atoms with Gasteiger partial charge in [0.15, 0.2) is 0 Å². The molecule has 5 heteroatoms. The van der Waals surface area contributed by atoms with Gasteiger partial charge in [0.2, 0.25) is 0 Å². The highest BCUT2D eigenvalue weighted by atomic mass is 16.5. The van der Waals surface area contributed by atoms with E-state index in [0.29, 0.717) is 13.0 Å². The van der Waals surface area contributed by atoms with Gasteiger partial charge in [-0.2, -0.15) is 0 Å². The molecule has 2 atom stereocenters. The summed E-state index contributed by atoms with van der Waals surface area (Å²) in [6.45, 7) is 7.35. The lowest BCUT2D eigenvalue weighted by Gasteiger charge is -2.29. The number of hydrogen-bond donors (Lipinski definition) is 1. The van der Waals surface area contributed by atoms with E-state index in [1.165, 1.54) is 11.8 Å². The number of amides is 1. The lowest BCUT2D eigenvalue weighted by atomic mass is 10.1. The molecule has 0 radical (unpaired) electrons. The summed E-state index contributed by atoms with van der Waals surface area (Å²) in [5.41, 5.74) is 0.877. The zero-order valence-corrected chi connectivity index (χ0v) is 13.1. The number of aliphatic carboxylic acids is 1. The summed E-state index contributed by atoms with van der Waals surface area (Å²) < 4.78 is 5.44. The van der Waals surface area contributed by atoms with E-state index in [0.717, 1.165) is 5.56 Å². The van der Waals surface area contributed by atoms with Gasteiger partial charge in [-0.3, -0.25) is 4.79 Å². The van der Waals surface area contributed by atoms with E-state index in [1.807, 2.05) is 30.3 Å². The van der Waals surface area contributed by atoms with E-state index in [9.17, 15) is 14.7 Å². The van der Waals surface area contributed by atoms with Gasteiger partial charge in [0.1, 0.15) is 12.1 Å². The van der Waals surface area contributed by atoms with E-state index >= 15 is 0 Å². The summed E-state index contributed by atoms with van der Waals surface area (Å²) in [5.74, 6) is -1.37. The standard InChI is InChI=1S/C17H23NO4/c1-4-5-11-22-14(3)16(19)18(13(2)17(20)21)12-15-9-7-6-8-10-15/h4,6-10,13-14H,1,5,11-12H2,2-3H3,(H,20,21). The van der Waals surface area contributed by atoms with E-state index < -0.39 is 18.1 Å². The Kier molecular flexibility index (Phi) is 7.32. The second kappa shape index (κ2) is 9.00. The Balaban J connectivity index is 2.82. The molecular weight excluding hydrogens is 282 g/mol. The molecule has 0 bridgehead atoms. The first kappa shape index (κ1) is 17.9. The molecule has 1 N–H and O–H groups in total. The second-order valence-electron chi connectivity index (χ2n) is 5.06. The first-order valence-electron chi connectivity index (χ1n) is 7.27. The fourth-order valence-electron chi connectivity index (χ4n) is 1.95. The normalized spacial score (nSPS) is 13.2. The van der Waals surface area contributed by atoms with Crippen LogP contribution in [-0.2, 0) is 20.9 Å². The molecule has 0 saturated carbocycles. The van der Waals surface area contributed by atoms with Crippen molar-refractivity contribution in [1.29, 1.82) is 0 Å². The fraction of sp³-hybridized carbons (Fsp3) is 0.412. The molecule has 1 amide bonds. The maximum absolute atomic E-state index is 12.5. The van der Waals surface area contributed by atoms with Crippen molar-refractivity contribution < 1.29 is 19.4 Å². The van der Waals surface area contributed by atoms with Crippen molar-refractivity contribution in [3.8, 4) is 0 Å². The van der Waals surface area contributed by atoms with Crippen molar-refractivity contribution >= 4 is 11.9 Å². The molecule has 1 rings (SSSR count). The first-order chi connectivity index (χ1) is 10.5. The van der Waals surface area contributed by atoms with Gasteiger partial charge in [0.25, 0.3) is 5.91 Å². The van der Waals surface area contributed by atoms with Crippen LogP contribution < -0.4 is 0 Å². The molecule has 22 heavy (non-hydrogen) atoms. The highest BCUT2D eigenvalue weighted by Gasteiger charge is 2.29. The fourth-order valence-corrected chi connectivity index (χ4v) is 1.95. The van der Waals surface area contributed by atoms with Gasteiger partial charge in [-0.25, -0.2) is 4.79 Å². The third-order valence-corrected chi connectivity index (χ3v) is 3.34. The largest absolute Gasteiger partial charge is 0.480 e. The Bertz CT molecular complexity index is 501. The van der Waals surface area contributed by atoms with Crippen molar-refractivity contribution in [2.45, 2.75) is 39.0 Å². The Morgan fingerprint density at radius 3 is 2.50 bits per heavy atom. The van der Waals surface area contributed by atoms with Crippen LogP contribution in [0.4, 0.5) is 0 Å². The summed E-state index contributed by atoms with van der Waals surface area (Å²) in [6, 6.07) is 8.38. The summed E-state index contributed by atoms with van der Waals surface area (Å²) in [4.78, 5) is 25.1. The van der Waals surface area contributed by atoms with Crippen LogP contribution >= 0.6 is 0 Å². The van der Waals surface area contributed by atoms with Gasteiger partial charge in [0.05, 0.1) is 6.61 Å². The van der Waals surface area contributed by atoms with Gasteiger partial charge in [-0.05, 0) is 25.8 Å². The molecule has 0 aliphatic rings. The average Bonchev–Trinajstić information content (AvgIpc) is 2.52. The summed E-state index contributed by atoms with van der Waals surface area (Å²) in [6.07, 6.45) is 1.66. The van der Waals surface area contributed by atoms with E-state index in [-0.39, 0.29) is 12.5 Å². The smallest absolute Gasteiger partial charge is 0.326 e. The number of carboxylic acid groups (broad SMARTS) is 1. The molecule has 1 aromatic rings. The van der Waals surface area contributed by atoms with Crippen LogP contribution in [0.2, 0.25) is 0 Å². The number of hydrogen-bond acceptors (Lipinski definition) is 3. The summed E-state index contributed by atoms with van der Waals surface area (Å²) in [7, 11) is 0. The Morgan fingerprint density at radius 1 is 1.32 bits per heavy atom. The third-order valence-electron chi connectivity index (χ3n) is 3.34. The van der Waals surface area contributed by atoms with Gasteiger partial charge in [-0.15, -0.1) is 6.58 Å². The van der Waals surface area contributed by atoms with Crippen LogP contribution in [0.25, 0.3) is 0 Å². The summed E-state index contributed by atoms with van der Waals surface area (Å²) >= 11 is 0. The number of carboxylic acids is 1. The quantitative estimate of drug-likeness (QED) is 0.562. The number of nitrogens with zero attached hydrogens (tertiary/aromatic N) is 1. The zero-order valence-electron chi connectivity index (χ0n) is 13.1. The minimum atomic E-state index is -1.04. The first-order valence-corrected chi connectivity index (χ1v) is 7.27. The van der Waals surface area contributed by atoms with E-state index in [4.69, 9.17) is 4.74 Å². The topological polar surface area (TPSA) is 66.8 Å². The van der Waals surface area contributed by atoms with Crippen molar-refractivity contribution in [2.24, 2.45) is 0 Å². The molecule has 0 aliphatic carbocycles. The molecule has 0 aliphatic heterocycles. The molecule has 0 saturated heterocycles. The van der Waals surface area contributed by atoms with Gasteiger partial charge >= 0.3 is 5.97 Å². The van der Waals surface area contributed by atoms with E-state index in [2.05, 4.69) is 6.58 Å². The maximum Gasteiger partial charge on any atom is 0.326 e. The maximum atomic E-state index is 12.5. The molecule has 0 spiro atoms. The average molecular weight is 305 g/mol. The lowest BCUT2D eigenvalue weighted by Crippen LogP contribution is -2.47. The minimum Gasteiger partial charge on any atom is -0.480 e. The van der Waals surface area contributed by atoms with Crippen LogP contribution in [0.1, 0.15) is 25.8 Å². The Morgan fingerprint density at radius 2 is 1.95 bits per heavy atom. The van der Waals surface area contributed by atoms with Crippen LogP contribution in [0.3, 0.4) is 0 Å². The monoisotopic (exact) mass is 305 g/mol. The van der Waals surface area contributed by atoms with Crippen molar-refractivity contribution in [1.82, 2.24) is 4.90 Å². The van der Waals surface area contributed by atoms with Crippen molar-refractivity contribution in [2.75, 3.05) is 6.61 Å². The van der Waals surface area contributed by atoms with Crippen LogP contribution in [0.5, 0.6) is 0 Å². The van der Waals surface area contributed by atoms with Crippen LogP contribution in [0, 0.1) is 0 Å². The number of benzene rings is 1. The molecule has 0 aromatic heterocycles. The molecule has 0 heterocycles. The molecule has 2 unspecified atom stereocenters. The van der Waals surface area contributed by atoms with Gasteiger partial charge < -0.3 is 14.7 Å². The highest BCUT2D eigenvalue weighted by molar-refractivity contribution is 5.86. The molecule has 5 nitrogen and oxygen atoms in total. The second-order valence-corrected chi connectivity index (χ2v) is 5.06. The number of carbonyl (C=O) groups excluding carboxylic acids is 1. The predicted molar refractivity (Wildman–Crippen MR) is 84.3 cm³/mol. The number of ether oxygens (including phenoxy) is 1. The molecule has 0 fully saturated rings. The Hall–Kier alpha value is -2.14. The van der Waals surface area contributed by atoms with Crippen molar-refractivity contribution in [3.63, 3.8) is 0 Å². The lowest BCUT2D eigenvalue weighted by molar-refractivity contribution is -0.155. The SMILES string of the molecule is C=CCCOC(C)C(=O)N(Cc1ccccc1)C(C)C(=O)O. The predicted octanol–water partition coefficient (Wildman–Crippen LogP) is 2.47. The molecule has 120 valence electrons. The number of carbonyl (C=O) groups is 2. The molecule has 1 aromatic carbocycles. The van der Waals surface area contributed by atoms with Gasteiger partial charge in [-0.1, -0.05) is 36.4 Å². The molecular formula is C17H23NO4. The third kappa shape index (κ3) is 5.33. The number of rotatable bonds is 9. The van der Waals surface area contributed by atoms with Gasteiger partial charge in [0, 0.05) is 6.54 Å². The van der Waals surface area contributed by atoms with Crippen LogP contribution in [-0.4, -0.2) is 40.6 Å². The van der Waals surface area contributed by atoms with E-state index in [1.54, 1.807) is 13.0 Å². The zero-order chi connectivity index (χ0) is 16.5. The highest BCUT2D eigenvalue weighted by Crippen LogP contribution is 2.12. The van der Waals surface area contributed by atoms with Crippen LogP contribution in [0.15, 0.2) is 43.0 Å². The summed E-state index contributed by atoms with van der Waals surface area (Å²) in [5, 5.41) is 9.23.